The Labute approximate surface area is 227 Å². The molecule has 0 radical (unpaired) electrons. The van der Waals surface area contributed by atoms with Crippen LogP contribution in [0.15, 0.2) is 89.4 Å². The molecule has 0 saturated heterocycles. The van der Waals surface area contributed by atoms with E-state index in [1.807, 2.05) is 87.8 Å². The first-order valence-electron chi connectivity index (χ1n) is 12.3. The molecule has 0 bridgehead atoms. The van der Waals surface area contributed by atoms with Crippen molar-refractivity contribution < 1.29 is 4.79 Å². The van der Waals surface area contributed by atoms with Gasteiger partial charge in [-0.2, -0.15) is 0 Å². The quantitative estimate of drug-likeness (QED) is 0.129. The van der Waals surface area contributed by atoms with Crippen molar-refractivity contribution in [2.45, 2.75) is 38.8 Å². The van der Waals surface area contributed by atoms with Gasteiger partial charge in [0, 0.05) is 41.4 Å². The fourth-order valence-electron chi connectivity index (χ4n) is 3.83. The number of hydrogen-bond donors (Lipinski definition) is 3. The minimum atomic E-state index is -0.249. The summed E-state index contributed by atoms with van der Waals surface area (Å²) >= 11 is 1.46. The standard InChI is InChI=1S/C30H32N6OS/c1-19-8-11-23(12-9-19)27-28(36-30(35-27)38-5)29(37)34-25-13-10-21(3)26(17-25)33-22(4)32-16-14-20(2)24-7-6-15-31-18-24/h6-18,20H,1-5H3,(H,32,33)(H,34,37)(H,35,36)/b16-14-. The van der Waals surface area contributed by atoms with E-state index in [4.69, 9.17) is 0 Å². The van der Waals surface area contributed by atoms with Crippen LogP contribution in [0.2, 0.25) is 0 Å². The highest BCUT2D eigenvalue weighted by Crippen LogP contribution is 2.27. The Morgan fingerprint density at radius 1 is 1.11 bits per heavy atom. The van der Waals surface area contributed by atoms with Gasteiger partial charge >= 0.3 is 0 Å². The van der Waals surface area contributed by atoms with Crippen molar-refractivity contribution in [3.05, 3.63) is 102 Å². The lowest BCUT2D eigenvalue weighted by atomic mass is 10.0. The maximum absolute atomic E-state index is 13.3. The van der Waals surface area contributed by atoms with Gasteiger partial charge in [-0.25, -0.2) is 9.98 Å². The average Bonchev–Trinajstić information content (AvgIpc) is 3.36. The van der Waals surface area contributed by atoms with E-state index in [0.29, 0.717) is 22.2 Å². The fourth-order valence-corrected chi connectivity index (χ4v) is 4.22. The van der Waals surface area contributed by atoms with E-state index < -0.39 is 0 Å². The van der Waals surface area contributed by atoms with Crippen molar-refractivity contribution in [1.29, 1.82) is 0 Å². The number of amidine groups is 1. The molecule has 1 unspecified atom stereocenters. The third-order valence-electron chi connectivity index (χ3n) is 6.09. The summed E-state index contributed by atoms with van der Waals surface area (Å²) in [6, 6.07) is 17.7. The Bertz CT molecular complexity index is 1460. The van der Waals surface area contributed by atoms with Gasteiger partial charge in [-0.3, -0.25) is 9.78 Å². The monoisotopic (exact) mass is 524 g/mol. The fraction of sp³-hybridized carbons (Fsp3) is 0.200. The summed E-state index contributed by atoms with van der Waals surface area (Å²) in [5.74, 6) is 0.700. The van der Waals surface area contributed by atoms with Crippen LogP contribution in [0.1, 0.15) is 46.9 Å². The lowest BCUT2D eigenvalue weighted by Crippen LogP contribution is -2.14. The van der Waals surface area contributed by atoms with Gasteiger partial charge < -0.3 is 15.6 Å². The number of thioether (sulfide) groups is 1. The molecule has 0 aliphatic carbocycles. The summed E-state index contributed by atoms with van der Waals surface area (Å²) in [6.07, 6.45) is 9.39. The lowest BCUT2D eigenvalue weighted by Gasteiger charge is -2.12. The molecule has 0 saturated carbocycles. The molecule has 4 aromatic rings. The van der Waals surface area contributed by atoms with E-state index in [0.717, 1.165) is 33.8 Å². The zero-order valence-electron chi connectivity index (χ0n) is 22.2. The molecule has 0 aliphatic heterocycles. The maximum Gasteiger partial charge on any atom is 0.274 e. The van der Waals surface area contributed by atoms with Crippen molar-refractivity contribution in [2.24, 2.45) is 4.99 Å². The van der Waals surface area contributed by atoms with Crippen molar-refractivity contribution >= 4 is 34.9 Å². The third kappa shape index (κ3) is 6.77. The van der Waals surface area contributed by atoms with Crippen molar-refractivity contribution in [1.82, 2.24) is 15.0 Å². The van der Waals surface area contributed by atoms with Gasteiger partial charge in [-0.15, -0.1) is 0 Å². The lowest BCUT2D eigenvalue weighted by molar-refractivity contribution is 0.102. The number of hydrogen-bond acceptors (Lipinski definition) is 5. The first kappa shape index (κ1) is 26.9. The number of carbonyl (C=O) groups is 1. The van der Waals surface area contributed by atoms with Gasteiger partial charge in [0.15, 0.2) is 5.16 Å². The molecule has 0 aliphatic rings. The largest absolute Gasteiger partial charge is 0.344 e. The average molecular weight is 525 g/mol. The van der Waals surface area contributed by atoms with E-state index in [9.17, 15) is 4.79 Å². The highest BCUT2D eigenvalue weighted by molar-refractivity contribution is 7.98. The molecule has 3 N–H and O–H groups in total. The molecule has 2 heterocycles. The molecular weight excluding hydrogens is 492 g/mol. The van der Waals surface area contributed by atoms with Crippen LogP contribution in [-0.4, -0.2) is 33.0 Å². The molecular formula is C30H32N6OS. The van der Waals surface area contributed by atoms with Gasteiger partial charge in [0.25, 0.3) is 5.91 Å². The second kappa shape index (κ2) is 12.4. The summed E-state index contributed by atoms with van der Waals surface area (Å²) in [5.41, 5.74) is 6.82. The van der Waals surface area contributed by atoms with Crippen LogP contribution in [0.25, 0.3) is 11.3 Å². The molecule has 2 aromatic heterocycles. The second-order valence-electron chi connectivity index (χ2n) is 9.08. The second-order valence-corrected chi connectivity index (χ2v) is 9.87. The molecule has 1 amide bonds. The number of allylic oxidation sites excluding steroid dienone is 1. The van der Waals surface area contributed by atoms with E-state index >= 15 is 0 Å². The Morgan fingerprint density at radius 3 is 2.61 bits per heavy atom. The molecule has 4 rings (SSSR count). The maximum atomic E-state index is 13.3. The van der Waals surface area contributed by atoms with Crippen LogP contribution in [0, 0.1) is 13.8 Å². The SMILES string of the molecule is CSc1nc(-c2ccc(C)cc2)c(C(=O)Nc2ccc(C)c(NC(C)=N/C=C\C(C)c3cccnc3)c2)[nH]1. The minimum Gasteiger partial charge on any atom is -0.344 e. The minimum absolute atomic E-state index is 0.208. The Morgan fingerprint density at radius 2 is 1.89 bits per heavy atom. The summed E-state index contributed by atoms with van der Waals surface area (Å²) < 4.78 is 0. The number of rotatable bonds is 8. The summed E-state index contributed by atoms with van der Waals surface area (Å²) in [5, 5.41) is 7.05. The molecule has 38 heavy (non-hydrogen) atoms. The first-order chi connectivity index (χ1) is 18.3. The number of aromatic amines is 1. The number of imidazole rings is 1. The number of aromatic nitrogens is 3. The highest BCUT2D eigenvalue weighted by Gasteiger charge is 2.19. The van der Waals surface area contributed by atoms with E-state index in [-0.39, 0.29) is 11.8 Å². The molecule has 0 fully saturated rings. The Hall–Kier alpha value is -4.17. The molecule has 7 nitrogen and oxygen atoms in total. The molecule has 0 spiro atoms. The number of anilines is 2. The summed E-state index contributed by atoms with van der Waals surface area (Å²) in [7, 11) is 0. The van der Waals surface area contributed by atoms with Gasteiger partial charge in [-0.1, -0.05) is 66.7 Å². The number of amides is 1. The number of nitrogens with one attached hydrogen (secondary N) is 3. The van der Waals surface area contributed by atoms with Crippen LogP contribution in [0.5, 0.6) is 0 Å². The number of aliphatic imine (C=N–C) groups is 1. The van der Waals surface area contributed by atoms with E-state index in [1.165, 1.54) is 11.8 Å². The highest BCUT2D eigenvalue weighted by atomic mass is 32.2. The predicted octanol–water partition coefficient (Wildman–Crippen LogP) is 7.21. The number of aryl methyl sites for hydroxylation is 2. The van der Waals surface area contributed by atoms with Gasteiger partial charge in [-0.05, 0) is 56.4 Å². The van der Waals surface area contributed by atoms with Crippen molar-refractivity contribution in [3.8, 4) is 11.3 Å². The van der Waals surface area contributed by atoms with Crippen LogP contribution in [0.4, 0.5) is 11.4 Å². The number of benzene rings is 2. The molecule has 194 valence electrons. The topological polar surface area (TPSA) is 95.1 Å². The first-order valence-corrected chi connectivity index (χ1v) is 13.6. The number of H-pyrrole nitrogens is 1. The van der Waals surface area contributed by atoms with Crippen LogP contribution in [0.3, 0.4) is 0 Å². The zero-order valence-corrected chi connectivity index (χ0v) is 23.1. The molecule has 8 heteroatoms. The predicted molar refractivity (Wildman–Crippen MR) is 158 cm³/mol. The van der Waals surface area contributed by atoms with Crippen molar-refractivity contribution in [3.63, 3.8) is 0 Å². The summed E-state index contributed by atoms with van der Waals surface area (Å²) in [4.78, 5) is 29.8. The number of pyridine rings is 1. The van der Waals surface area contributed by atoms with E-state index in [1.54, 1.807) is 12.4 Å². The van der Waals surface area contributed by atoms with Gasteiger partial charge in [0.2, 0.25) is 0 Å². The smallest absolute Gasteiger partial charge is 0.274 e. The Balaban J connectivity index is 1.48. The van der Waals surface area contributed by atoms with Crippen molar-refractivity contribution in [2.75, 3.05) is 16.9 Å². The van der Waals surface area contributed by atoms with Crippen LogP contribution in [-0.2, 0) is 0 Å². The normalized spacial score (nSPS) is 12.5. The van der Waals surface area contributed by atoms with Crippen LogP contribution < -0.4 is 10.6 Å². The zero-order chi connectivity index (χ0) is 27.1. The molecule has 2 aromatic carbocycles. The molecule has 1 atom stereocenters. The van der Waals surface area contributed by atoms with E-state index in [2.05, 4.69) is 43.6 Å². The Kier molecular flexibility index (Phi) is 8.76. The number of nitrogens with zero attached hydrogens (tertiary/aromatic N) is 3. The van der Waals surface area contributed by atoms with Gasteiger partial charge in [0.1, 0.15) is 17.2 Å². The van der Waals surface area contributed by atoms with Gasteiger partial charge in [0.05, 0.1) is 0 Å². The summed E-state index contributed by atoms with van der Waals surface area (Å²) in [6.45, 7) is 8.06. The number of carbonyl (C=O) groups excluding carboxylic acids is 1. The third-order valence-corrected chi connectivity index (χ3v) is 6.67. The van der Waals surface area contributed by atoms with Crippen LogP contribution >= 0.6 is 11.8 Å².